The molecule has 1 fully saturated rings. The standard InChI is InChI=1S/C17H18/c1-13-12-16(13)17(14-8-4-2-5-9-14)15-10-6-3-7-11-15/h2-11,13,16-17H,12H2,1H3/t13-,16-/m0/s1. The maximum atomic E-state index is 2.36. The van der Waals surface area contributed by atoms with Crippen LogP contribution in [0, 0.1) is 11.8 Å². The van der Waals surface area contributed by atoms with Gasteiger partial charge in [-0.15, -0.1) is 0 Å². The predicted octanol–water partition coefficient (Wildman–Crippen LogP) is 4.47. The Labute approximate surface area is 103 Å². The lowest BCUT2D eigenvalue weighted by molar-refractivity contribution is 0.652. The molecule has 0 heteroatoms. The van der Waals surface area contributed by atoms with Gasteiger partial charge in [-0.2, -0.15) is 0 Å². The Morgan fingerprint density at radius 2 is 1.24 bits per heavy atom. The Morgan fingerprint density at radius 3 is 1.59 bits per heavy atom. The monoisotopic (exact) mass is 222 g/mol. The van der Waals surface area contributed by atoms with E-state index in [0.29, 0.717) is 5.92 Å². The van der Waals surface area contributed by atoms with Crippen molar-refractivity contribution in [3.8, 4) is 0 Å². The van der Waals surface area contributed by atoms with Gasteiger partial charge >= 0.3 is 0 Å². The van der Waals surface area contributed by atoms with E-state index >= 15 is 0 Å². The maximum Gasteiger partial charge on any atom is 0.0120 e. The van der Waals surface area contributed by atoms with E-state index in [2.05, 4.69) is 67.6 Å². The molecule has 0 amide bonds. The molecule has 86 valence electrons. The zero-order valence-corrected chi connectivity index (χ0v) is 10.2. The molecule has 0 unspecified atom stereocenters. The zero-order valence-electron chi connectivity index (χ0n) is 10.2. The van der Waals surface area contributed by atoms with E-state index in [-0.39, 0.29) is 0 Å². The minimum absolute atomic E-state index is 0.590. The van der Waals surface area contributed by atoms with Crippen LogP contribution in [-0.4, -0.2) is 0 Å². The van der Waals surface area contributed by atoms with Gasteiger partial charge in [0.15, 0.2) is 0 Å². The molecule has 0 bridgehead atoms. The Kier molecular flexibility index (Phi) is 2.72. The predicted molar refractivity (Wildman–Crippen MR) is 72.0 cm³/mol. The molecule has 1 aliphatic rings. The van der Waals surface area contributed by atoms with Crippen LogP contribution in [-0.2, 0) is 0 Å². The largest absolute Gasteiger partial charge is 0.0622 e. The van der Waals surface area contributed by atoms with Crippen molar-refractivity contribution in [2.24, 2.45) is 11.8 Å². The van der Waals surface area contributed by atoms with Crippen molar-refractivity contribution >= 4 is 0 Å². The summed E-state index contributed by atoms with van der Waals surface area (Å²) in [5, 5.41) is 0. The first kappa shape index (κ1) is 10.6. The lowest BCUT2D eigenvalue weighted by Gasteiger charge is -2.18. The third kappa shape index (κ3) is 2.12. The molecule has 0 radical (unpaired) electrons. The lowest BCUT2D eigenvalue weighted by atomic mass is 9.86. The maximum absolute atomic E-state index is 2.36. The molecular weight excluding hydrogens is 204 g/mol. The molecule has 1 saturated carbocycles. The Hall–Kier alpha value is -1.56. The van der Waals surface area contributed by atoms with Crippen molar-refractivity contribution in [1.82, 2.24) is 0 Å². The fourth-order valence-electron chi connectivity index (χ4n) is 2.82. The van der Waals surface area contributed by atoms with Gasteiger partial charge in [-0.05, 0) is 29.4 Å². The lowest BCUT2D eigenvalue weighted by Crippen LogP contribution is -2.04. The van der Waals surface area contributed by atoms with E-state index in [4.69, 9.17) is 0 Å². The second-order valence-electron chi connectivity index (χ2n) is 5.18. The zero-order chi connectivity index (χ0) is 11.7. The van der Waals surface area contributed by atoms with E-state index < -0.39 is 0 Å². The first-order valence-corrected chi connectivity index (χ1v) is 6.46. The molecule has 0 aromatic heterocycles. The minimum Gasteiger partial charge on any atom is -0.0622 e. The topological polar surface area (TPSA) is 0 Å². The average Bonchev–Trinajstić information content (AvgIpc) is 3.09. The fourth-order valence-corrected chi connectivity index (χ4v) is 2.82. The van der Waals surface area contributed by atoms with Gasteiger partial charge in [0.05, 0.1) is 0 Å². The highest BCUT2D eigenvalue weighted by molar-refractivity contribution is 5.34. The SMILES string of the molecule is C[C@H]1C[C@@H]1C(c1ccccc1)c1ccccc1. The van der Waals surface area contributed by atoms with Gasteiger partial charge in [0.1, 0.15) is 0 Å². The van der Waals surface area contributed by atoms with Crippen molar-refractivity contribution in [2.75, 3.05) is 0 Å². The Bertz CT molecular complexity index is 432. The third-order valence-electron chi connectivity index (χ3n) is 3.92. The van der Waals surface area contributed by atoms with Gasteiger partial charge in [-0.1, -0.05) is 67.6 Å². The van der Waals surface area contributed by atoms with Gasteiger partial charge in [0, 0.05) is 5.92 Å². The summed E-state index contributed by atoms with van der Waals surface area (Å²) in [4.78, 5) is 0. The van der Waals surface area contributed by atoms with Gasteiger partial charge in [0.25, 0.3) is 0 Å². The highest BCUT2D eigenvalue weighted by Crippen LogP contribution is 2.50. The van der Waals surface area contributed by atoms with Crippen LogP contribution in [0.4, 0.5) is 0 Å². The van der Waals surface area contributed by atoms with Crippen LogP contribution >= 0.6 is 0 Å². The molecule has 0 N–H and O–H groups in total. The Morgan fingerprint density at radius 1 is 0.824 bits per heavy atom. The second-order valence-corrected chi connectivity index (χ2v) is 5.18. The molecule has 17 heavy (non-hydrogen) atoms. The van der Waals surface area contributed by atoms with E-state index in [1.54, 1.807) is 0 Å². The Balaban J connectivity index is 1.99. The smallest absolute Gasteiger partial charge is 0.0120 e. The van der Waals surface area contributed by atoms with E-state index in [1.807, 2.05) is 0 Å². The normalized spacial score (nSPS) is 22.7. The molecule has 0 nitrogen and oxygen atoms in total. The number of hydrogen-bond donors (Lipinski definition) is 0. The summed E-state index contributed by atoms with van der Waals surface area (Å²) in [6.45, 7) is 2.36. The van der Waals surface area contributed by atoms with Crippen LogP contribution in [0.1, 0.15) is 30.4 Å². The van der Waals surface area contributed by atoms with Gasteiger partial charge in [-0.25, -0.2) is 0 Å². The van der Waals surface area contributed by atoms with Crippen LogP contribution in [0.2, 0.25) is 0 Å². The molecule has 2 atom stereocenters. The molecule has 1 aliphatic carbocycles. The summed E-state index contributed by atoms with van der Waals surface area (Å²) >= 11 is 0. The van der Waals surface area contributed by atoms with Crippen molar-refractivity contribution < 1.29 is 0 Å². The van der Waals surface area contributed by atoms with Crippen LogP contribution < -0.4 is 0 Å². The van der Waals surface area contributed by atoms with Crippen LogP contribution in [0.5, 0.6) is 0 Å². The van der Waals surface area contributed by atoms with Gasteiger partial charge in [0.2, 0.25) is 0 Å². The molecule has 3 rings (SSSR count). The number of benzene rings is 2. The average molecular weight is 222 g/mol. The van der Waals surface area contributed by atoms with Gasteiger partial charge in [-0.3, -0.25) is 0 Å². The summed E-state index contributed by atoms with van der Waals surface area (Å²) in [5.74, 6) is 2.30. The molecule has 0 spiro atoms. The van der Waals surface area contributed by atoms with Crippen molar-refractivity contribution in [3.63, 3.8) is 0 Å². The molecule has 2 aromatic carbocycles. The summed E-state index contributed by atoms with van der Waals surface area (Å²) in [6.07, 6.45) is 1.37. The minimum atomic E-state index is 0.590. The first-order chi connectivity index (χ1) is 8.36. The third-order valence-corrected chi connectivity index (χ3v) is 3.92. The number of rotatable bonds is 3. The van der Waals surface area contributed by atoms with Crippen LogP contribution in [0.3, 0.4) is 0 Å². The fraction of sp³-hybridized carbons (Fsp3) is 0.294. The van der Waals surface area contributed by atoms with Crippen LogP contribution in [0.25, 0.3) is 0 Å². The first-order valence-electron chi connectivity index (χ1n) is 6.46. The van der Waals surface area contributed by atoms with Gasteiger partial charge < -0.3 is 0 Å². The van der Waals surface area contributed by atoms with E-state index in [1.165, 1.54) is 17.5 Å². The molecule has 2 aromatic rings. The van der Waals surface area contributed by atoms with Crippen molar-refractivity contribution in [3.05, 3.63) is 71.8 Å². The van der Waals surface area contributed by atoms with Crippen molar-refractivity contribution in [1.29, 1.82) is 0 Å². The second kappa shape index (κ2) is 4.37. The van der Waals surface area contributed by atoms with E-state index in [9.17, 15) is 0 Å². The molecular formula is C17H18. The van der Waals surface area contributed by atoms with E-state index in [0.717, 1.165) is 11.8 Å². The summed E-state index contributed by atoms with van der Waals surface area (Å²) in [7, 11) is 0. The summed E-state index contributed by atoms with van der Waals surface area (Å²) in [6, 6.07) is 21.9. The van der Waals surface area contributed by atoms with Crippen molar-refractivity contribution in [2.45, 2.75) is 19.3 Å². The highest BCUT2D eigenvalue weighted by atomic mass is 14.4. The molecule has 0 heterocycles. The number of hydrogen-bond acceptors (Lipinski definition) is 0. The highest BCUT2D eigenvalue weighted by Gasteiger charge is 2.40. The molecule has 0 aliphatic heterocycles. The van der Waals surface area contributed by atoms with Crippen LogP contribution in [0.15, 0.2) is 60.7 Å². The quantitative estimate of drug-likeness (QED) is 0.718. The summed E-state index contributed by atoms with van der Waals surface area (Å²) in [5.41, 5.74) is 2.93. The summed E-state index contributed by atoms with van der Waals surface area (Å²) < 4.78 is 0. The molecule has 0 saturated heterocycles.